The Morgan fingerprint density at radius 1 is 1.43 bits per heavy atom. The lowest BCUT2D eigenvalue weighted by molar-refractivity contribution is -0.134. The Balaban J connectivity index is 1.79. The SMILES string of the molecule is CCc1cc2c(Cl)nc(C3CCC(=CC(=O)OC)CC3)nc2s1. The largest absolute Gasteiger partial charge is 0.466 e. The van der Waals surface area contributed by atoms with Gasteiger partial charge in [0.25, 0.3) is 0 Å². The maximum Gasteiger partial charge on any atom is 0.330 e. The number of esters is 1. The number of nitrogens with zero attached hydrogens (tertiary/aromatic N) is 2. The van der Waals surface area contributed by atoms with Crippen molar-refractivity contribution in [3.05, 3.63) is 33.6 Å². The Kier molecular flexibility index (Phi) is 4.97. The van der Waals surface area contributed by atoms with E-state index in [1.165, 1.54) is 12.0 Å². The summed E-state index contributed by atoms with van der Waals surface area (Å²) in [5.41, 5.74) is 1.14. The summed E-state index contributed by atoms with van der Waals surface area (Å²) in [6.07, 6.45) is 6.23. The van der Waals surface area contributed by atoms with Crippen LogP contribution >= 0.6 is 22.9 Å². The van der Waals surface area contributed by atoms with Crippen LogP contribution in [0.15, 0.2) is 17.7 Å². The van der Waals surface area contributed by atoms with Crippen LogP contribution in [0, 0.1) is 0 Å². The van der Waals surface area contributed by atoms with Crippen LogP contribution in [-0.2, 0) is 16.0 Å². The summed E-state index contributed by atoms with van der Waals surface area (Å²) in [4.78, 5) is 22.8. The van der Waals surface area contributed by atoms with Crippen molar-refractivity contribution in [3.63, 3.8) is 0 Å². The molecule has 0 bridgehead atoms. The quantitative estimate of drug-likeness (QED) is 0.458. The van der Waals surface area contributed by atoms with Gasteiger partial charge in [-0.3, -0.25) is 0 Å². The average Bonchev–Trinajstić information content (AvgIpc) is 2.99. The summed E-state index contributed by atoms with van der Waals surface area (Å²) < 4.78 is 4.69. The smallest absolute Gasteiger partial charge is 0.330 e. The van der Waals surface area contributed by atoms with Gasteiger partial charge >= 0.3 is 5.97 Å². The van der Waals surface area contributed by atoms with Gasteiger partial charge in [-0.25, -0.2) is 14.8 Å². The third-order valence-corrected chi connectivity index (χ3v) is 5.74. The highest BCUT2D eigenvalue weighted by molar-refractivity contribution is 7.18. The third-order valence-electron chi connectivity index (χ3n) is 4.28. The summed E-state index contributed by atoms with van der Waals surface area (Å²) in [7, 11) is 1.40. The van der Waals surface area contributed by atoms with Crippen LogP contribution in [0.1, 0.15) is 49.2 Å². The predicted molar refractivity (Wildman–Crippen MR) is 93.1 cm³/mol. The number of aromatic nitrogens is 2. The number of hydrogen-bond acceptors (Lipinski definition) is 5. The maximum absolute atomic E-state index is 11.3. The van der Waals surface area contributed by atoms with Crippen LogP contribution in [-0.4, -0.2) is 23.0 Å². The molecule has 1 aliphatic carbocycles. The summed E-state index contributed by atoms with van der Waals surface area (Å²) in [6.45, 7) is 2.13. The van der Waals surface area contributed by atoms with Crippen LogP contribution < -0.4 is 0 Å². The molecule has 0 aromatic carbocycles. The molecule has 1 aliphatic rings. The number of allylic oxidation sites excluding steroid dienone is 1. The second-order valence-electron chi connectivity index (χ2n) is 5.76. The fraction of sp³-hybridized carbons (Fsp3) is 0.471. The Morgan fingerprint density at radius 2 is 2.17 bits per heavy atom. The Morgan fingerprint density at radius 3 is 2.83 bits per heavy atom. The number of ether oxygens (including phenoxy) is 1. The fourth-order valence-corrected chi connectivity index (χ4v) is 4.19. The third kappa shape index (κ3) is 3.56. The molecule has 2 aromatic heterocycles. The summed E-state index contributed by atoms with van der Waals surface area (Å²) in [5.74, 6) is 0.868. The zero-order chi connectivity index (χ0) is 16.4. The van der Waals surface area contributed by atoms with Gasteiger partial charge in [0.05, 0.1) is 7.11 Å². The van der Waals surface area contributed by atoms with Crippen molar-refractivity contribution < 1.29 is 9.53 Å². The maximum atomic E-state index is 11.3. The van der Waals surface area contributed by atoms with Crippen molar-refractivity contribution >= 4 is 39.1 Å². The van der Waals surface area contributed by atoms with Crippen LogP contribution in [0.25, 0.3) is 10.2 Å². The first-order valence-corrected chi connectivity index (χ1v) is 9.03. The lowest BCUT2D eigenvalue weighted by Gasteiger charge is -2.22. The van der Waals surface area contributed by atoms with Crippen LogP contribution in [0.5, 0.6) is 0 Å². The fourth-order valence-electron chi connectivity index (χ4n) is 2.93. The minimum atomic E-state index is -0.273. The molecule has 0 aliphatic heterocycles. The number of aryl methyl sites for hydroxylation is 1. The minimum absolute atomic E-state index is 0.273. The molecule has 6 heteroatoms. The molecule has 23 heavy (non-hydrogen) atoms. The molecule has 1 fully saturated rings. The zero-order valence-electron chi connectivity index (χ0n) is 13.3. The molecule has 122 valence electrons. The predicted octanol–water partition coefficient (Wildman–Crippen LogP) is 4.66. The standard InChI is InChI=1S/C17H19ClN2O2S/c1-3-12-9-13-15(18)19-16(20-17(13)23-12)11-6-4-10(5-7-11)8-14(21)22-2/h8-9,11H,3-7H2,1-2H3. The van der Waals surface area contributed by atoms with Gasteiger partial charge in [0.15, 0.2) is 0 Å². The van der Waals surface area contributed by atoms with Gasteiger partial charge in [0, 0.05) is 22.3 Å². The topological polar surface area (TPSA) is 52.1 Å². The molecule has 0 radical (unpaired) electrons. The van der Waals surface area contributed by atoms with Gasteiger partial charge in [-0.2, -0.15) is 0 Å². The Hall–Kier alpha value is -1.46. The number of rotatable bonds is 3. The molecule has 0 N–H and O–H groups in total. The molecule has 4 nitrogen and oxygen atoms in total. The van der Waals surface area contributed by atoms with Crippen molar-refractivity contribution in [2.24, 2.45) is 0 Å². The molecule has 2 aromatic rings. The van der Waals surface area contributed by atoms with E-state index in [1.54, 1.807) is 17.4 Å². The Bertz CT molecular complexity index is 759. The molecule has 2 heterocycles. The molecule has 1 saturated carbocycles. The van der Waals surface area contributed by atoms with Gasteiger partial charge in [0.2, 0.25) is 0 Å². The van der Waals surface area contributed by atoms with E-state index < -0.39 is 0 Å². The molecule has 0 amide bonds. The first-order chi connectivity index (χ1) is 11.1. The lowest BCUT2D eigenvalue weighted by Crippen LogP contribution is -2.11. The molecule has 0 unspecified atom stereocenters. The van der Waals surface area contributed by atoms with Gasteiger partial charge < -0.3 is 4.74 Å². The highest BCUT2D eigenvalue weighted by Crippen LogP contribution is 2.36. The molecular formula is C17H19ClN2O2S. The summed E-state index contributed by atoms with van der Waals surface area (Å²) in [6, 6.07) is 2.09. The molecule has 0 saturated heterocycles. The van der Waals surface area contributed by atoms with E-state index in [9.17, 15) is 4.79 Å². The van der Waals surface area contributed by atoms with E-state index in [0.29, 0.717) is 11.1 Å². The summed E-state index contributed by atoms with van der Waals surface area (Å²) in [5, 5.41) is 1.51. The molecule has 3 rings (SSSR count). The first kappa shape index (κ1) is 16.4. The number of thiophene rings is 1. The number of halogens is 1. The van der Waals surface area contributed by atoms with Crippen molar-refractivity contribution in [3.8, 4) is 0 Å². The summed E-state index contributed by atoms with van der Waals surface area (Å²) >= 11 is 8.04. The number of carbonyl (C=O) groups excluding carboxylic acids is 1. The van der Waals surface area contributed by atoms with E-state index in [2.05, 4.69) is 22.7 Å². The monoisotopic (exact) mass is 350 g/mol. The number of hydrogen-bond donors (Lipinski definition) is 0. The van der Waals surface area contributed by atoms with E-state index in [-0.39, 0.29) is 5.97 Å². The van der Waals surface area contributed by atoms with E-state index >= 15 is 0 Å². The second kappa shape index (κ2) is 6.97. The highest BCUT2D eigenvalue weighted by Gasteiger charge is 2.23. The number of carbonyl (C=O) groups is 1. The number of fused-ring (bicyclic) bond motifs is 1. The first-order valence-electron chi connectivity index (χ1n) is 7.84. The van der Waals surface area contributed by atoms with Crippen LogP contribution in [0.3, 0.4) is 0 Å². The number of methoxy groups -OCH3 is 1. The lowest BCUT2D eigenvalue weighted by atomic mass is 9.85. The van der Waals surface area contributed by atoms with Gasteiger partial charge in [-0.1, -0.05) is 24.1 Å². The minimum Gasteiger partial charge on any atom is -0.466 e. The molecule has 0 atom stereocenters. The van der Waals surface area contributed by atoms with Crippen molar-refractivity contribution in [1.29, 1.82) is 0 Å². The van der Waals surface area contributed by atoms with Gasteiger partial charge in [-0.05, 0) is 38.2 Å². The van der Waals surface area contributed by atoms with Crippen LogP contribution in [0.4, 0.5) is 0 Å². The van der Waals surface area contributed by atoms with E-state index in [4.69, 9.17) is 16.6 Å². The Labute approximate surface area is 144 Å². The van der Waals surface area contributed by atoms with Crippen LogP contribution in [0.2, 0.25) is 5.15 Å². The zero-order valence-corrected chi connectivity index (χ0v) is 14.8. The second-order valence-corrected chi connectivity index (χ2v) is 7.23. The van der Waals surface area contributed by atoms with Gasteiger partial charge in [0.1, 0.15) is 15.8 Å². The normalized spacial score (nSPS) is 18.2. The average molecular weight is 351 g/mol. The van der Waals surface area contributed by atoms with Crippen molar-refractivity contribution in [2.75, 3.05) is 7.11 Å². The molecular weight excluding hydrogens is 332 g/mol. The van der Waals surface area contributed by atoms with E-state index in [1.807, 2.05) is 0 Å². The van der Waals surface area contributed by atoms with Crippen molar-refractivity contribution in [1.82, 2.24) is 9.97 Å². The highest BCUT2D eigenvalue weighted by atomic mass is 35.5. The van der Waals surface area contributed by atoms with E-state index in [0.717, 1.165) is 53.7 Å². The van der Waals surface area contributed by atoms with Crippen molar-refractivity contribution in [2.45, 2.75) is 44.9 Å². The molecule has 0 spiro atoms. The van der Waals surface area contributed by atoms with Gasteiger partial charge in [-0.15, -0.1) is 11.3 Å².